The molecule has 0 fully saturated rings. The van der Waals surface area contributed by atoms with Crippen molar-refractivity contribution in [3.8, 4) is 0 Å². The summed E-state index contributed by atoms with van der Waals surface area (Å²) < 4.78 is 39.0. The van der Waals surface area contributed by atoms with E-state index in [1.807, 2.05) is 0 Å². The van der Waals surface area contributed by atoms with Crippen molar-refractivity contribution in [1.29, 1.82) is 0 Å². The van der Waals surface area contributed by atoms with E-state index in [1.165, 1.54) is 25.4 Å². The van der Waals surface area contributed by atoms with Gasteiger partial charge in [0, 0.05) is 28.9 Å². The minimum atomic E-state index is -6.00. The Balaban J connectivity index is -0.0000000818. The Morgan fingerprint density at radius 3 is 1.00 bits per heavy atom. The summed E-state index contributed by atoms with van der Waals surface area (Å²) in [5.41, 5.74) is 3.66. The first kappa shape index (κ1) is 50.8. The molecular formula is C17H48BCl3F4N4P2Ru+6. The minimum Gasteiger partial charge on any atom is -1.00 e. The second kappa shape index (κ2) is 33.0. The van der Waals surface area contributed by atoms with Gasteiger partial charge in [-0.05, 0) is 55.4 Å². The summed E-state index contributed by atoms with van der Waals surface area (Å²) in [5.74, 6) is 8.00. The SMILES string of the molecule is CC(C)[PH+](CCNCC[PH+](C(C)C)C(C)C)C(C)C.ClCCl.F[B-](F)(F)F.N.NN.[Cl-].[Ru+6]. The van der Waals surface area contributed by atoms with Gasteiger partial charge in [0.05, 0.1) is 40.3 Å². The maximum atomic E-state index is 9.75. The van der Waals surface area contributed by atoms with Gasteiger partial charge < -0.3 is 41.1 Å². The van der Waals surface area contributed by atoms with E-state index in [-0.39, 0.29) is 59.2 Å². The molecule has 0 bridgehead atoms. The Labute approximate surface area is 226 Å². The van der Waals surface area contributed by atoms with Gasteiger partial charge in [0.1, 0.15) is 0 Å². The van der Waals surface area contributed by atoms with Gasteiger partial charge in [-0.25, -0.2) is 0 Å². The van der Waals surface area contributed by atoms with Crippen LogP contribution in [-0.2, 0) is 19.5 Å². The predicted octanol–water partition coefficient (Wildman–Crippen LogP) is 3.34. The van der Waals surface area contributed by atoms with Crippen LogP contribution >= 0.6 is 39.0 Å². The van der Waals surface area contributed by atoms with Crippen LogP contribution in [0, 0.1) is 0 Å². The molecule has 0 saturated carbocycles. The van der Waals surface area contributed by atoms with E-state index < -0.39 is 7.25 Å². The van der Waals surface area contributed by atoms with Crippen molar-refractivity contribution in [2.45, 2.75) is 78.0 Å². The molecule has 0 aliphatic rings. The molecular weight excluding hydrogens is 616 g/mol. The smallest absolute Gasteiger partial charge is 1.00 e. The zero-order valence-electron chi connectivity index (χ0n) is 20.8. The number of hydrazine groups is 1. The third kappa shape index (κ3) is 45.5. The number of hydrogen-bond donors (Lipinski definition) is 4. The first-order valence-electron chi connectivity index (χ1n) is 9.93. The summed E-state index contributed by atoms with van der Waals surface area (Å²) in [5, 5.41) is 3.91. The van der Waals surface area contributed by atoms with Gasteiger partial charge in [-0.2, -0.15) is 0 Å². The molecule has 32 heavy (non-hydrogen) atoms. The standard InChI is InChI=1S/C16H37NP2.CH2Cl2.BF4.ClH.H4N2.H3N.Ru/c1-13(2)18(14(3)4)11-9-17-10-12-19(15(5)6)16(7)8;2-1-3;2-1(3,4)5;;1-2;;/h13-17H,9-12H2,1-8H3;1H2;;1H;1-2H2;1H3;/q;;-1;;;;+6/p+1. The Morgan fingerprint density at radius 1 is 0.719 bits per heavy atom. The molecule has 0 heterocycles. The summed E-state index contributed by atoms with van der Waals surface area (Å²) >= 11 is 9.53. The van der Waals surface area contributed by atoms with Crippen LogP contribution in [0.2, 0.25) is 0 Å². The van der Waals surface area contributed by atoms with Crippen LogP contribution in [-0.4, -0.2) is 60.6 Å². The number of alkyl halides is 2. The van der Waals surface area contributed by atoms with E-state index in [0.717, 1.165) is 22.6 Å². The molecule has 0 aliphatic heterocycles. The number of nitrogens with two attached hydrogens (primary N) is 2. The van der Waals surface area contributed by atoms with Gasteiger partial charge in [0.15, 0.2) is 0 Å². The summed E-state index contributed by atoms with van der Waals surface area (Å²) in [6.07, 6.45) is 2.87. The Kier molecular flexibility index (Phi) is 52.3. The Hall–Kier alpha value is 1.98. The molecule has 15 heteroatoms. The van der Waals surface area contributed by atoms with E-state index in [1.54, 1.807) is 0 Å². The van der Waals surface area contributed by atoms with E-state index in [9.17, 15) is 17.3 Å². The fourth-order valence-corrected chi connectivity index (χ4v) is 8.99. The quantitative estimate of drug-likeness (QED) is 0.0548. The molecule has 4 nitrogen and oxygen atoms in total. The average molecular weight is 665 g/mol. The molecule has 0 unspecified atom stereocenters. The zero-order chi connectivity index (χ0) is 24.2. The number of nitrogens with one attached hydrogen (secondary N) is 1. The Bertz CT molecular complexity index is 301. The maximum Gasteiger partial charge on any atom is 6.00 e. The van der Waals surface area contributed by atoms with Crippen LogP contribution in [0.1, 0.15) is 55.4 Å². The van der Waals surface area contributed by atoms with Crippen LogP contribution in [0.3, 0.4) is 0 Å². The van der Waals surface area contributed by atoms with Gasteiger partial charge >= 0.3 is 26.7 Å². The molecule has 0 atom stereocenters. The fourth-order valence-electron chi connectivity index (χ4n) is 3.08. The molecule has 8 N–H and O–H groups in total. The van der Waals surface area contributed by atoms with Crippen molar-refractivity contribution in [1.82, 2.24) is 11.5 Å². The first-order valence-corrected chi connectivity index (χ1v) is 14.7. The first-order chi connectivity index (χ1) is 13.2. The van der Waals surface area contributed by atoms with Crippen molar-refractivity contribution >= 4 is 46.3 Å². The van der Waals surface area contributed by atoms with Crippen molar-refractivity contribution in [2.24, 2.45) is 11.7 Å². The average Bonchev–Trinajstić information content (AvgIpc) is 2.53. The van der Waals surface area contributed by atoms with E-state index >= 15 is 0 Å². The Morgan fingerprint density at radius 2 is 0.875 bits per heavy atom. The van der Waals surface area contributed by atoms with Gasteiger partial charge in [-0.15, -0.1) is 23.2 Å². The third-order valence-corrected chi connectivity index (χ3v) is 11.7. The third-order valence-electron chi connectivity index (χ3n) is 4.15. The molecule has 0 saturated heterocycles. The summed E-state index contributed by atoms with van der Waals surface area (Å²) in [7, 11) is -6.33. The van der Waals surface area contributed by atoms with Crippen molar-refractivity contribution in [3.05, 3.63) is 0 Å². The van der Waals surface area contributed by atoms with Crippen molar-refractivity contribution < 1.29 is 49.1 Å². The molecule has 0 aromatic rings. The molecule has 0 aromatic carbocycles. The second-order valence-corrected chi connectivity index (χ2v) is 16.3. The van der Waals surface area contributed by atoms with Gasteiger partial charge in [-0.3, -0.25) is 11.7 Å². The zero-order valence-corrected chi connectivity index (χ0v) is 26.8. The molecule has 0 aliphatic carbocycles. The van der Waals surface area contributed by atoms with Crippen LogP contribution in [0.5, 0.6) is 0 Å². The molecule has 200 valence electrons. The molecule has 0 spiro atoms. The number of halogens is 7. The molecule has 0 amide bonds. The van der Waals surface area contributed by atoms with Crippen molar-refractivity contribution in [2.75, 3.05) is 30.8 Å². The van der Waals surface area contributed by atoms with Gasteiger partial charge in [0.25, 0.3) is 0 Å². The maximum absolute atomic E-state index is 9.75. The monoisotopic (exact) mass is 664 g/mol. The second-order valence-electron chi connectivity index (χ2n) is 7.61. The van der Waals surface area contributed by atoms with E-state index in [2.05, 4.69) is 72.4 Å². The topological polar surface area (TPSA) is 99.1 Å². The summed E-state index contributed by atoms with van der Waals surface area (Å²) in [6, 6.07) is 0. The van der Waals surface area contributed by atoms with E-state index in [0.29, 0.717) is 0 Å². The van der Waals surface area contributed by atoms with Crippen LogP contribution in [0.25, 0.3) is 0 Å². The van der Waals surface area contributed by atoms with Crippen molar-refractivity contribution in [3.63, 3.8) is 0 Å². The molecule has 0 rings (SSSR count). The van der Waals surface area contributed by atoms with Crippen LogP contribution < -0.4 is 35.6 Å². The fraction of sp³-hybridized carbons (Fsp3) is 1.00. The largest absolute Gasteiger partial charge is 6.00 e. The number of hydrogen-bond acceptors (Lipinski definition) is 4. The molecule has 0 radical (unpaired) electrons. The van der Waals surface area contributed by atoms with Crippen LogP contribution in [0.15, 0.2) is 0 Å². The van der Waals surface area contributed by atoms with Crippen LogP contribution in [0.4, 0.5) is 17.3 Å². The minimum absolute atomic E-state index is 0. The molecule has 0 aromatic heterocycles. The van der Waals surface area contributed by atoms with Gasteiger partial charge in [-0.1, -0.05) is 0 Å². The predicted molar refractivity (Wildman–Crippen MR) is 140 cm³/mol. The summed E-state index contributed by atoms with van der Waals surface area (Å²) in [6.45, 7) is 21.8. The van der Waals surface area contributed by atoms with E-state index in [4.69, 9.17) is 23.2 Å². The van der Waals surface area contributed by atoms with Gasteiger partial charge in [0.2, 0.25) is 0 Å². The number of rotatable bonds is 10. The summed E-state index contributed by atoms with van der Waals surface area (Å²) in [4.78, 5) is 0. The normalized spacial score (nSPS) is 10.3.